The first kappa shape index (κ1) is 9.60. The van der Waals surface area contributed by atoms with Crippen LogP contribution in [0.25, 0.3) is 11.3 Å². The van der Waals surface area contributed by atoms with E-state index < -0.39 is 5.60 Å². The van der Waals surface area contributed by atoms with Crippen LogP contribution in [0, 0.1) is 0 Å². The van der Waals surface area contributed by atoms with E-state index in [4.69, 9.17) is 0 Å². The van der Waals surface area contributed by atoms with Crippen molar-refractivity contribution in [3.63, 3.8) is 0 Å². The molecule has 0 atom stereocenters. The van der Waals surface area contributed by atoms with Crippen molar-refractivity contribution in [3.8, 4) is 11.3 Å². The van der Waals surface area contributed by atoms with E-state index in [1.54, 1.807) is 0 Å². The molecular formula is C13H14N2O. The lowest BCUT2D eigenvalue weighted by molar-refractivity contribution is 0.149. The van der Waals surface area contributed by atoms with Gasteiger partial charge in [0.2, 0.25) is 0 Å². The Morgan fingerprint density at radius 1 is 1.25 bits per heavy atom. The second-order valence-electron chi connectivity index (χ2n) is 4.55. The van der Waals surface area contributed by atoms with Gasteiger partial charge in [-0.1, -0.05) is 30.3 Å². The molecule has 1 aromatic carbocycles. The highest BCUT2D eigenvalue weighted by Crippen LogP contribution is 2.38. The third-order valence-electron chi connectivity index (χ3n) is 3.05. The second-order valence-corrected chi connectivity index (χ2v) is 4.55. The SMILES string of the molecule is OC1(Cc2cc(-c3ccccc3)n[nH]2)CC1. The number of hydrogen-bond acceptors (Lipinski definition) is 2. The summed E-state index contributed by atoms with van der Waals surface area (Å²) in [5.74, 6) is 0. The molecule has 16 heavy (non-hydrogen) atoms. The summed E-state index contributed by atoms with van der Waals surface area (Å²) in [5.41, 5.74) is 2.60. The van der Waals surface area contributed by atoms with Gasteiger partial charge in [0.15, 0.2) is 0 Å². The minimum Gasteiger partial charge on any atom is -0.389 e. The van der Waals surface area contributed by atoms with Crippen LogP contribution in [-0.2, 0) is 6.42 Å². The molecular weight excluding hydrogens is 200 g/mol. The minimum atomic E-state index is -0.458. The molecule has 0 unspecified atom stereocenters. The maximum atomic E-state index is 9.81. The van der Waals surface area contributed by atoms with Crippen LogP contribution in [0.15, 0.2) is 36.4 Å². The van der Waals surface area contributed by atoms with Crippen molar-refractivity contribution in [2.24, 2.45) is 0 Å². The summed E-state index contributed by atoms with van der Waals surface area (Å²) in [7, 11) is 0. The zero-order valence-electron chi connectivity index (χ0n) is 8.98. The van der Waals surface area contributed by atoms with Crippen LogP contribution in [0.1, 0.15) is 18.5 Å². The average molecular weight is 214 g/mol. The van der Waals surface area contributed by atoms with Gasteiger partial charge < -0.3 is 5.11 Å². The van der Waals surface area contributed by atoms with Gasteiger partial charge in [-0.15, -0.1) is 0 Å². The van der Waals surface area contributed by atoms with E-state index in [0.29, 0.717) is 6.42 Å². The lowest BCUT2D eigenvalue weighted by atomic mass is 10.1. The zero-order valence-corrected chi connectivity index (χ0v) is 8.98. The molecule has 0 bridgehead atoms. The number of nitrogens with zero attached hydrogens (tertiary/aromatic N) is 1. The van der Waals surface area contributed by atoms with Crippen molar-refractivity contribution in [1.82, 2.24) is 10.2 Å². The van der Waals surface area contributed by atoms with E-state index in [-0.39, 0.29) is 0 Å². The van der Waals surface area contributed by atoms with Crippen LogP contribution in [-0.4, -0.2) is 20.9 Å². The summed E-state index contributed by atoms with van der Waals surface area (Å²) in [6.45, 7) is 0. The molecule has 0 spiro atoms. The van der Waals surface area contributed by atoms with E-state index in [9.17, 15) is 5.11 Å². The van der Waals surface area contributed by atoms with Gasteiger partial charge >= 0.3 is 0 Å². The summed E-state index contributed by atoms with van der Waals surface area (Å²) >= 11 is 0. The number of nitrogens with one attached hydrogen (secondary N) is 1. The van der Waals surface area contributed by atoms with E-state index >= 15 is 0 Å². The minimum absolute atomic E-state index is 0.458. The van der Waals surface area contributed by atoms with E-state index in [0.717, 1.165) is 29.8 Å². The smallest absolute Gasteiger partial charge is 0.0923 e. The highest BCUT2D eigenvalue weighted by Gasteiger charge is 2.40. The maximum absolute atomic E-state index is 9.81. The Morgan fingerprint density at radius 2 is 2.00 bits per heavy atom. The Balaban J connectivity index is 1.82. The lowest BCUT2D eigenvalue weighted by Gasteiger charge is -2.02. The monoisotopic (exact) mass is 214 g/mol. The summed E-state index contributed by atoms with van der Waals surface area (Å²) in [4.78, 5) is 0. The quantitative estimate of drug-likeness (QED) is 0.822. The normalized spacial score (nSPS) is 17.3. The molecule has 0 amide bonds. The Hall–Kier alpha value is -1.61. The van der Waals surface area contributed by atoms with Gasteiger partial charge in [0, 0.05) is 17.7 Å². The Bertz CT molecular complexity index is 486. The summed E-state index contributed by atoms with van der Waals surface area (Å²) < 4.78 is 0. The average Bonchev–Trinajstić information content (AvgIpc) is 2.86. The van der Waals surface area contributed by atoms with Crippen molar-refractivity contribution in [2.45, 2.75) is 24.9 Å². The van der Waals surface area contributed by atoms with Crippen LogP contribution in [0.3, 0.4) is 0 Å². The molecule has 1 saturated carbocycles. The van der Waals surface area contributed by atoms with Crippen LogP contribution < -0.4 is 0 Å². The van der Waals surface area contributed by atoms with Gasteiger partial charge in [-0.05, 0) is 18.9 Å². The number of benzene rings is 1. The molecule has 3 rings (SSSR count). The number of aromatic amines is 1. The zero-order chi connectivity index (χ0) is 11.0. The van der Waals surface area contributed by atoms with Crippen LogP contribution in [0.4, 0.5) is 0 Å². The third-order valence-corrected chi connectivity index (χ3v) is 3.05. The van der Waals surface area contributed by atoms with Gasteiger partial charge in [-0.25, -0.2) is 0 Å². The van der Waals surface area contributed by atoms with Gasteiger partial charge in [-0.2, -0.15) is 5.10 Å². The van der Waals surface area contributed by atoms with E-state index in [2.05, 4.69) is 10.2 Å². The predicted molar refractivity (Wildman–Crippen MR) is 61.9 cm³/mol. The molecule has 3 nitrogen and oxygen atoms in total. The molecule has 1 aliphatic carbocycles. The number of aliphatic hydroxyl groups is 1. The molecule has 1 aromatic heterocycles. The largest absolute Gasteiger partial charge is 0.389 e. The molecule has 2 aromatic rings. The van der Waals surface area contributed by atoms with Gasteiger partial charge in [-0.3, -0.25) is 5.10 Å². The van der Waals surface area contributed by atoms with E-state index in [1.807, 2.05) is 36.4 Å². The number of H-pyrrole nitrogens is 1. The molecule has 82 valence electrons. The summed E-state index contributed by atoms with van der Waals surface area (Å²) in [6.07, 6.45) is 2.51. The van der Waals surface area contributed by atoms with Crippen molar-refractivity contribution < 1.29 is 5.11 Å². The first-order valence-corrected chi connectivity index (χ1v) is 5.57. The summed E-state index contributed by atoms with van der Waals surface area (Å²) in [5, 5.41) is 17.1. The topological polar surface area (TPSA) is 48.9 Å². The van der Waals surface area contributed by atoms with Crippen LogP contribution in [0.5, 0.6) is 0 Å². The van der Waals surface area contributed by atoms with Gasteiger partial charge in [0.1, 0.15) is 0 Å². The fourth-order valence-electron chi connectivity index (χ4n) is 1.88. The predicted octanol–water partition coefficient (Wildman–Crippen LogP) is 2.14. The molecule has 0 saturated heterocycles. The molecule has 2 N–H and O–H groups in total. The van der Waals surface area contributed by atoms with Crippen molar-refractivity contribution >= 4 is 0 Å². The number of aromatic nitrogens is 2. The summed E-state index contributed by atoms with van der Waals surface area (Å²) in [6, 6.07) is 12.1. The first-order chi connectivity index (χ1) is 7.75. The van der Waals surface area contributed by atoms with Gasteiger partial charge in [0.25, 0.3) is 0 Å². The number of rotatable bonds is 3. The highest BCUT2D eigenvalue weighted by molar-refractivity contribution is 5.58. The highest BCUT2D eigenvalue weighted by atomic mass is 16.3. The molecule has 1 aliphatic rings. The standard InChI is InChI=1S/C13H14N2O/c16-13(6-7-13)9-11-8-12(15-14-11)10-4-2-1-3-5-10/h1-5,8,16H,6-7,9H2,(H,14,15). The van der Waals surface area contributed by atoms with E-state index in [1.165, 1.54) is 0 Å². The molecule has 0 radical (unpaired) electrons. The third kappa shape index (κ3) is 1.86. The molecule has 0 aliphatic heterocycles. The van der Waals surface area contributed by atoms with Crippen molar-refractivity contribution in [1.29, 1.82) is 0 Å². The van der Waals surface area contributed by atoms with Crippen LogP contribution in [0.2, 0.25) is 0 Å². The second kappa shape index (κ2) is 3.46. The lowest BCUT2D eigenvalue weighted by Crippen LogP contribution is -2.10. The Labute approximate surface area is 94.1 Å². The molecule has 1 fully saturated rings. The number of hydrogen-bond donors (Lipinski definition) is 2. The first-order valence-electron chi connectivity index (χ1n) is 5.57. The molecule has 1 heterocycles. The van der Waals surface area contributed by atoms with Gasteiger partial charge in [0.05, 0.1) is 11.3 Å². The molecule has 3 heteroatoms. The fourth-order valence-corrected chi connectivity index (χ4v) is 1.88. The van der Waals surface area contributed by atoms with Crippen LogP contribution >= 0.6 is 0 Å². The van der Waals surface area contributed by atoms with Crippen molar-refractivity contribution in [3.05, 3.63) is 42.1 Å². The van der Waals surface area contributed by atoms with Crippen molar-refractivity contribution in [2.75, 3.05) is 0 Å². The Kier molecular flexibility index (Phi) is 2.07. The Morgan fingerprint density at radius 3 is 2.69 bits per heavy atom. The maximum Gasteiger partial charge on any atom is 0.0923 e. The fraction of sp³-hybridized carbons (Fsp3) is 0.308.